The molecule has 0 aliphatic carbocycles. The number of benzene rings is 10. The zero-order chi connectivity index (χ0) is 43.8. The Morgan fingerprint density at radius 3 is 1.32 bits per heavy atom. The van der Waals surface area contributed by atoms with E-state index in [4.69, 9.17) is 0 Å². The standard InChI is InChI=1S/C61H40N4Si/c62-41-42-31-37-59-53(39-42)50-24-12-15-29-57(50)65(59)60-30-16-26-52-49-23-10-14-28-56(49)64(61(52)60)44-34-38-58-54(40-44)51-25-11-13-27-55(51)63(58)43-32-35-48(36-33-43)66(45-17-4-1-5-18-45,46-19-6-2-7-20-46)47-21-8-3-9-22-47/h1-40H. The van der Waals surface area contributed by atoms with Gasteiger partial charge in [0.05, 0.1) is 50.4 Å². The predicted octanol–water partition coefficient (Wildman–Crippen LogP) is 12.2. The average molecular weight is 857 g/mol. The molecule has 0 atom stereocenters. The number of aromatic nitrogens is 3. The van der Waals surface area contributed by atoms with Crippen molar-refractivity contribution in [3.8, 4) is 23.1 Å². The topological polar surface area (TPSA) is 38.6 Å². The number of rotatable bonds is 7. The molecule has 10 aromatic carbocycles. The van der Waals surface area contributed by atoms with E-state index >= 15 is 0 Å². The van der Waals surface area contributed by atoms with Gasteiger partial charge in [0.2, 0.25) is 0 Å². The van der Waals surface area contributed by atoms with Gasteiger partial charge in [-0.2, -0.15) is 5.26 Å². The first kappa shape index (κ1) is 37.8. The first-order chi connectivity index (χ1) is 32.7. The Kier molecular flexibility index (Phi) is 8.57. The maximum atomic E-state index is 9.88. The molecule has 0 saturated carbocycles. The van der Waals surface area contributed by atoms with E-state index in [1.165, 1.54) is 47.8 Å². The lowest BCUT2D eigenvalue weighted by atomic mass is 10.1. The molecule has 3 aromatic heterocycles. The van der Waals surface area contributed by atoms with Gasteiger partial charge in [-0.1, -0.05) is 170 Å². The minimum absolute atomic E-state index is 0.655. The predicted molar refractivity (Wildman–Crippen MR) is 278 cm³/mol. The van der Waals surface area contributed by atoms with Crippen LogP contribution in [0.4, 0.5) is 0 Å². The number of hydrogen-bond acceptors (Lipinski definition) is 1. The highest BCUT2D eigenvalue weighted by molar-refractivity contribution is 7.19. The summed E-state index contributed by atoms with van der Waals surface area (Å²) in [5.41, 5.74) is 10.7. The summed E-state index contributed by atoms with van der Waals surface area (Å²) in [6.07, 6.45) is 0. The van der Waals surface area contributed by atoms with Crippen molar-refractivity contribution < 1.29 is 0 Å². The van der Waals surface area contributed by atoms with E-state index in [1.807, 2.05) is 12.1 Å². The minimum atomic E-state index is -2.68. The first-order valence-electron chi connectivity index (χ1n) is 22.5. The van der Waals surface area contributed by atoms with Crippen molar-refractivity contribution in [2.45, 2.75) is 0 Å². The lowest BCUT2D eigenvalue weighted by Crippen LogP contribution is -2.74. The number of para-hydroxylation sites is 4. The fourth-order valence-corrected chi connectivity index (χ4v) is 15.8. The molecule has 4 nitrogen and oxygen atoms in total. The van der Waals surface area contributed by atoms with Crippen LogP contribution in [-0.2, 0) is 0 Å². The van der Waals surface area contributed by atoms with Crippen molar-refractivity contribution in [3.63, 3.8) is 0 Å². The summed E-state index contributed by atoms with van der Waals surface area (Å²) < 4.78 is 7.26. The monoisotopic (exact) mass is 856 g/mol. The van der Waals surface area contributed by atoms with Gasteiger partial charge >= 0.3 is 0 Å². The molecule has 0 bridgehead atoms. The molecule has 13 rings (SSSR count). The maximum Gasteiger partial charge on any atom is 0.179 e. The van der Waals surface area contributed by atoms with Gasteiger partial charge < -0.3 is 13.7 Å². The first-order valence-corrected chi connectivity index (χ1v) is 24.5. The summed E-state index contributed by atoms with van der Waals surface area (Å²) in [5.74, 6) is 0. The van der Waals surface area contributed by atoms with Crippen LogP contribution in [-0.4, -0.2) is 21.8 Å². The van der Waals surface area contributed by atoms with Gasteiger partial charge in [0.25, 0.3) is 0 Å². The lowest BCUT2D eigenvalue weighted by Gasteiger charge is -2.34. The molecule has 0 N–H and O–H groups in total. The van der Waals surface area contributed by atoms with E-state index < -0.39 is 8.07 Å². The molecule has 0 spiro atoms. The summed E-state index contributed by atoms with van der Waals surface area (Å²) in [5, 5.41) is 22.3. The Hall–Kier alpha value is -8.69. The molecular formula is C61H40N4Si. The highest BCUT2D eigenvalue weighted by Crippen LogP contribution is 2.41. The Morgan fingerprint density at radius 2 is 0.727 bits per heavy atom. The van der Waals surface area contributed by atoms with E-state index in [2.05, 4.69) is 250 Å². The number of fused-ring (bicyclic) bond motifs is 9. The molecule has 3 heterocycles. The number of nitrogens with zero attached hydrogens (tertiary/aromatic N) is 4. The second kappa shape index (κ2) is 15.0. The molecular weight excluding hydrogens is 817 g/mol. The van der Waals surface area contributed by atoms with E-state index in [0.29, 0.717) is 5.56 Å². The Morgan fingerprint density at radius 1 is 0.303 bits per heavy atom. The molecule has 5 heteroatoms. The number of nitriles is 1. The van der Waals surface area contributed by atoms with Gasteiger partial charge in [0, 0.05) is 43.7 Å². The molecule has 0 radical (unpaired) electrons. The maximum absolute atomic E-state index is 9.88. The molecule has 0 unspecified atom stereocenters. The van der Waals surface area contributed by atoms with Crippen LogP contribution in [0.5, 0.6) is 0 Å². The second-order valence-electron chi connectivity index (χ2n) is 17.2. The fourth-order valence-electron chi connectivity index (χ4n) is 11.1. The van der Waals surface area contributed by atoms with E-state index in [-0.39, 0.29) is 0 Å². The minimum Gasteiger partial charge on any atom is -0.309 e. The smallest absolute Gasteiger partial charge is 0.179 e. The molecule has 0 aliphatic heterocycles. The third-order valence-corrected chi connectivity index (χ3v) is 18.6. The average Bonchev–Trinajstić information content (AvgIpc) is 4.03. The second-order valence-corrected chi connectivity index (χ2v) is 21.0. The Bertz CT molecular complexity index is 3950. The normalized spacial score (nSPS) is 11.9. The van der Waals surface area contributed by atoms with Gasteiger partial charge in [-0.3, -0.25) is 0 Å². The van der Waals surface area contributed by atoms with Crippen molar-refractivity contribution in [2.24, 2.45) is 0 Å². The number of hydrogen-bond donors (Lipinski definition) is 0. The van der Waals surface area contributed by atoms with Gasteiger partial charge in [0.15, 0.2) is 8.07 Å². The van der Waals surface area contributed by atoms with Gasteiger partial charge in [-0.05, 0) is 93.5 Å². The van der Waals surface area contributed by atoms with E-state index in [0.717, 1.165) is 55.4 Å². The van der Waals surface area contributed by atoms with Crippen LogP contribution in [0.15, 0.2) is 243 Å². The van der Waals surface area contributed by atoms with Gasteiger partial charge in [-0.15, -0.1) is 0 Å². The zero-order valence-corrected chi connectivity index (χ0v) is 36.9. The molecule has 13 aromatic rings. The Balaban J connectivity index is 1.02. The quantitative estimate of drug-likeness (QED) is 0.116. The third kappa shape index (κ3) is 5.49. The van der Waals surface area contributed by atoms with Crippen LogP contribution in [0.2, 0.25) is 0 Å². The third-order valence-electron chi connectivity index (χ3n) is 13.8. The van der Waals surface area contributed by atoms with Crippen LogP contribution in [0.1, 0.15) is 5.56 Å². The zero-order valence-electron chi connectivity index (χ0n) is 35.9. The van der Waals surface area contributed by atoms with Crippen LogP contribution in [0.25, 0.3) is 82.5 Å². The van der Waals surface area contributed by atoms with Crippen LogP contribution < -0.4 is 20.7 Å². The molecule has 0 aliphatic rings. The van der Waals surface area contributed by atoms with Crippen molar-refractivity contribution in [2.75, 3.05) is 0 Å². The summed E-state index contributed by atoms with van der Waals surface area (Å²) in [4.78, 5) is 0. The summed E-state index contributed by atoms with van der Waals surface area (Å²) in [6, 6.07) is 90.9. The van der Waals surface area contributed by atoms with Crippen LogP contribution in [0, 0.1) is 11.3 Å². The molecule has 66 heavy (non-hydrogen) atoms. The van der Waals surface area contributed by atoms with Crippen molar-refractivity contribution >= 4 is 94.2 Å². The van der Waals surface area contributed by atoms with Crippen molar-refractivity contribution in [1.82, 2.24) is 13.7 Å². The largest absolute Gasteiger partial charge is 0.309 e. The van der Waals surface area contributed by atoms with Crippen molar-refractivity contribution in [3.05, 3.63) is 248 Å². The van der Waals surface area contributed by atoms with E-state index in [9.17, 15) is 5.26 Å². The van der Waals surface area contributed by atoms with E-state index in [1.54, 1.807) is 0 Å². The highest BCUT2D eigenvalue weighted by Gasteiger charge is 2.41. The highest BCUT2D eigenvalue weighted by atomic mass is 28.3. The molecule has 0 saturated heterocycles. The summed E-state index contributed by atoms with van der Waals surface area (Å²) >= 11 is 0. The lowest BCUT2D eigenvalue weighted by molar-refractivity contribution is 1.13. The Labute approximate surface area is 382 Å². The summed E-state index contributed by atoms with van der Waals surface area (Å²) in [6.45, 7) is 0. The fraction of sp³-hybridized carbons (Fsp3) is 0. The van der Waals surface area contributed by atoms with Crippen LogP contribution >= 0.6 is 0 Å². The van der Waals surface area contributed by atoms with Gasteiger partial charge in [-0.25, -0.2) is 0 Å². The molecule has 0 fully saturated rings. The van der Waals surface area contributed by atoms with Crippen molar-refractivity contribution in [1.29, 1.82) is 5.26 Å². The summed E-state index contributed by atoms with van der Waals surface area (Å²) in [7, 11) is -2.68. The van der Waals surface area contributed by atoms with Crippen LogP contribution in [0.3, 0.4) is 0 Å². The molecule has 0 amide bonds. The SMILES string of the molecule is N#Cc1ccc2c(c1)c1ccccc1n2-c1cccc2c3ccccc3n(-c3ccc4c(c3)c3ccccc3n4-c3ccc([Si](c4ccccc4)(c4ccccc4)c4ccccc4)cc3)c12. The molecule has 308 valence electrons. The van der Waals surface area contributed by atoms with Gasteiger partial charge in [0.1, 0.15) is 0 Å².